The molecule has 1 aromatic carbocycles. The van der Waals surface area contributed by atoms with Crippen LogP contribution in [0.15, 0.2) is 40.0 Å². The number of nitriles is 1. The van der Waals surface area contributed by atoms with Crippen molar-refractivity contribution in [2.45, 2.75) is 31.8 Å². The number of thioether (sulfide) groups is 1. The first-order valence-corrected chi connectivity index (χ1v) is 8.69. The van der Waals surface area contributed by atoms with E-state index in [0.717, 1.165) is 10.5 Å². The zero-order chi connectivity index (χ0) is 17.7. The largest absolute Gasteiger partial charge is 0.350 e. The molecule has 0 aliphatic rings. The molecule has 0 fully saturated rings. The summed E-state index contributed by atoms with van der Waals surface area (Å²) in [6.45, 7) is 3.78. The van der Waals surface area contributed by atoms with E-state index in [1.54, 1.807) is 31.7 Å². The van der Waals surface area contributed by atoms with Gasteiger partial charge in [0.05, 0.1) is 0 Å². The predicted molar refractivity (Wildman–Crippen MR) is 95.0 cm³/mol. The first-order valence-electron chi connectivity index (χ1n) is 7.47. The molecule has 124 valence electrons. The highest BCUT2D eigenvalue weighted by molar-refractivity contribution is 7.98. The summed E-state index contributed by atoms with van der Waals surface area (Å²) >= 11 is 1.66. The third kappa shape index (κ3) is 4.06. The number of aryl methyl sites for hydroxylation is 2. The maximum absolute atomic E-state index is 12.3. The smallest absolute Gasteiger partial charge is 0.269 e. The minimum absolute atomic E-state index is 0.0843. The van der Waals surface area contributed by atoms with Crippen molar-refractivity contribution in [1.29, 1.82) is 5.26 Å². The molecule has 0 aliphatic heterocycles. The van der Waals surface area contributed by atoms with Crippen molar-refractivity contribution in [3.63, 3.8) is 0 Å². The number of nitrogens with zero attached hydrogens (tertiary/aromatic N) is 2. The lowest BCUT2D eigenvalue weighted by Gasteiger charge is -2.12. The minimum atomic E-state index is -0.422. The van der Waals surface area contributed by atoms with Gasteiger partial charge in [0.2, 0.25) is 5.91 Å². The molecule has 0 atom stereocenters. The lowest BCUT2D eigenvalue weighted by Crippen LogP contribution is -2.34. The Morgan fingerprint density at radius 3 is 2.54 bits per heavy atom. The summed E-state index contributed by atoms with van der Waals surface area (Å²) in [5.74, 6) is -0.262. The van der Waals surface area contributed by atoms with E-state index in [1.165, 1.54) is 4.57 Å². The molecular formula is C18H19N3O2S. The van der Waals surface area contributed by atoms with Gasteiger partial charge in [0.25, 0.3) is 5.56 Å². The third-order valence-corrected chi connectivity index (χ3v) is 4.51. The van der Waals surface area contributed by atoms with E-state index in [-0.39, 0.29) is 18.0 Å². The molecule has 0 saturated carbocycles. The standard InChI is InChI=1S/C18H19N3O2S/c1-12-8-13(2)21(18(23)16(12)9-19)11-17(22)20-10-14-4-6-15(24-3)7-5-14/h4-8H,10-11H2,1-3H3,(H,20,22). The summed E-state index contributed by atoms with van der Waals surface area (Å²) in [5.41, 5.74) is 1.95. The highest BCUT2D eigenvalue weighted by Gasteiger charge is 2.12. The van der Waals surface area contributed by atoms with Gasteiger partial charge < -0.3 is 9.88 Å². The lowest BCUT2D eigenvalue weighted by molar-refractivity contribution is -0.121. The Labute approximate surface area is 145 Å². The van der Waals surface area contributed by atoms with Crippen LogP contribution < -0.4 is 10.9 Å². The van der Waals surface area contributed by atoms with Crippen LogP contribution in [0.5, 0.6) is 0 Å². The second kappa shape index (κ2) is 7.84. The average molecular weight is 341 g/mol. The van der Waals surface area contributed by atoms with Gasteiger partial charge >= 0.3 is 0 Å². The van der Waals surface area contributed by atoms with Crippen LogP contribution in [0.3, 0.4) is 0 Å². The number of hydrogen-bond donors (Lipinski definition) is 1. The Bertz CT molecular complexity index is 848. The van der Waals surface area contributed by atoms with Gasteiger partial charge in [-0.05, 0) is 49.4 Å². The monoisotopic (exact) mass is 341 g/mol. The number of benzene rings is 1. The zero-order valence-corrected chi connectivity index (χ0v) is 14.7. The molecule has 0 unspecified atom stereocenters. The number of hydrogen-bond acceptors (Lipinski definition) is 4. The summed E-state index contributed by atoms with van der Waals surface area (Å²) < 4.78 is 1.33. The van der Waals surface area contributed by atoms with Gasteiger partial charge in [-0.15, -0.1) is 11.8 Å². The number of aromatic nitrogens is 1. The van der Waals surface area contributed by atoms with Crippen LogP contribution in [-0.2, 0) is 17.9 Å². The molecule has 1 N–H and O–H groups in total. The molecule has 0 saturated heterocycles. The van der Waals surface area contributed by atoms with Crippen molar-refractivity contribution >= 4 is 17.7 Å². The van der Waals surface area contributed by atoms with Crippen LogP contribution in [0.25, 0.3) is 0 Å². The number of carbonyl (C=O) groups is 1. The van der Waals surface area contributed by atoms with Crippen molar-refractivity contribution in [2.75, 3.05) is 6.26 Å². The minimum Gasteiger partial charge on any atom is -0.350 e. The topological polar surface area (TPSA) is 74.9 Å². The Kier molecular flexibility index (Phi) is 5.83. The fourth-order valence-corrected chi connectivity index (χ4v) is 2.81. The Balaban J connectivity index is 2.07. The molecule has 6 heteroatoms. The molecule has 0 radical (unpaired) electrons. The van der Waals surface area contributed by atoms with Gasteiger partial charge in [0.15, 0.2) is 0 Å². The Hall–Kier alpha value is -2.52. The Morgan fingerprint density at radius 2 is 1.96 bits per heavy atom. The van der Waals surface area contributed by atoms with E-state index < -0.39 is 5.56 Å². The molecule has 0 bridgehead atoms. The van der Waals surface area contributed by atoms with Crippen LogP contribution in [0.2, 0.25) is 0 Å². The van der Waals surface area contributed by atoms with Crippen molar-refractivity contribution in [3.05, 3.63) is 63.1 Å². The molecule has 1 amide bonds. The third-order valence-electron chi connectivity index (χ3n) is 3.77. The van der Waals surface area contributed by atoms with E-state index in [9.17, 15) is 9.59 Å². The van der Waals surface area contributed by atoms with Crippen LogP contribution >= 0.6 is 11.8 Å². The van der Waals surface area contributed by atoms with Gasteiger partial charge in [0.1, 0.15) is 18.2 Å². The lowest BCUT2D eigenvalue weighted by atomic mass is 10.1. The van der Waals surface area contributed by atoms with E-state index in [2.05, 4.69) is 5.32 Å². The molecule has 5 nitrogen and oxygen atoms in total. The highest BCUT2D eigenvalue weighted by atomic mass is 32.2. The van der Waals surface area contributed by atoms with Crippen LogP contribution in [0, 0.1) is 25.2 Å². The summed E-state index contributed by atoms with van der Waals surface area (Å²) in [5, 5.41) is 11.9. The molecule has 0 spiro atoms. The van der Waals surface area contributed by atoms with Gasteiger partial charge in [-0.1, -0.05) is 12.1 Å². The van der Waals surface area contributed by atoms with E-state index in [1.807, 2.05) is 36.6 Å². The van der Waals surface area contributed by atoms with Gasteiger partial charge in [0, 0.05) is 17.1 Å². The van der Waals surface area contributed by atoms with Crippen molar-refractivity contribution in [2.24, 2.45) is 0 Å². The number of amides is 1. The molecule has 1 aromatic heterocycles. The maximum atomic E-state index is 12.3. The summed E-state index contributed by atoms with van der Waals surface area (Å²) in [6, 6.07) is 11.6. The van der Waals surface area contributed by atoms with Crippen LogP contribution in [-0.4, -0.2) is 16.7 Å². The first kappa shape index (κ1) is 17.8. The Morgan fingerprint density at radius 1 is 1.29 bits per heavy atom. The quantitative estimate of drug-likeness (QED) is 0.847. The summed E-state index contributed by atoms with van der Waals surface area (Å²) in [6.07, 6.45) is 2.01. The molecule has 24 heavy (non-hydrogen) atoms. The number of rotatable bonds is 5. The second-order valence-electron chi connectivity index (χ2n) is 5.47. The van der Waals surface area contributed by atoms with E-state index in [4.69, 9.17) is 5.26 Å². The number of pyridine rings is 1. The summed E-state index contributed by atoms with van der Waals surface area (Å²) in [4.78, 5) is 25.6. The molecule has 1 heterocycles. The van der Waals surface area contributed by atoms with Crippen LogP contribution in [0.4, 0.5) is 0 Å². The van der Waals surface area contributed by atoms with E-state index >= 15 is 0 Å². The first-order chi connectivity index (χ1) is 11.5. The second-order valence-corrected chi connectivity index (χ2v) is 6.35. The molecule has 0 aliphatic carbocycles. The number of nitrogens with one attached hydrogen (secondary N) is 1. The van der Waals surface area contributed by atoms with Crippen molar-refractivity contribution in [1.82, 2.24) is 9.88 Å². The van der Waals surface area contributed by atoms with Gasteiger partial charge in [-0.2, -0.15) is 5.26 Å². The van der Waals surface area contributed by atoms with Gasteiger partial charge in [-0.3, -0.25) is 9.59 Å². The van der Waals surface area contributed by atoms with Crippen LogP contribution in [0.1, 0.15) is 22.4 Å². The average Bonchev–Trinajstić information content (AvgIpc) is 2.57. The van der Waals surface area contributed by atoms with Gasteiger partial charge in [-0.25, -0.2) is 0 Å². The van der Waals surface area contributed by atoms with Crippen molar-refractivity contribution in [3.8, 4) is 6.07 Å². The maximum Gasteiger partial charge on any atom is 0.269 e. The number of carbonyl (C=O) groups excluding carboxylic acids is 1. The fourth-order valence-electron chi connectivity index (χ4n) is 2.40. The van der Waals surface area contributed by atoms with E-state index in [0.29, 0.717) is 17.8 Å². The fraction of sp³-hybridized carbons (Fsp3) is 0.278. The normalized spacial score (nSPS) is 10.2. The molecule has 2 rings (SSSR count). The highest BCUT2D eigenvalue weighted by Crippen LogP contribution is 2.14. The molecular weight excluding hydrogens is 322 g/mol. The zero-order valence-electron chi connectivity index (χ0n) is 13.9. The SMILES string of the molecule is CSc1ccc(CNC(=O)Cn2c(C)cc(C)c(C#N)c2=O)cc1. The van der Waals surface area contributed by atoms with Crippen molar-refractivity contribution < 1.29 is 4.79 Å². The molecule has 2 aromatic rings. The predicted octanol–water partition coefficient (Wildman–Crippen LogP) is 2.38. The summed E-state index contributed by atoms with van der Waals surface area (Å²) in [7, 11) is 0.